The van der Waals surface area contributed by atoms with Crippen LogP contribution in [0, 0.1) is 6.92 Å². The lowest BCUT2D eigenvalue weighted by atomic mass is 9.79. The monoisotopic (exact) mass is 385 g/mol. The second-order valence-electron chi connectivity index (χ2n) is 7.07. The molecule has 28 heavy (non-hydrogen) atoms. The number of carbonyl (C=O) groups is 1. The van der Waals surface area contributed by atoms with Crippen molar-refractivity contribution < 1.29 is 14.6 Å². The zero-order valence-electron chi connectivity index (χ0n) is 15.9. The number of nitrogens with zero attached hydrogens (tertiary/aromatic N) is 6. The number of ether oxygens (including phenoxy) is 1. The van der Waals surface area contributed by atoms with Gasteiger partial charge in [-0.3, -0.25) is 4.79 Å². The number of amides is 1. The number of methoxy groups -OCH3 is 1. The molecule has 1 fully saturated rings. The third-order valence-electron chi connectivity index (χ3n) is 5.09. The molecule has 1 aliphatic rings. The second kappa shape index (κ2) is 7.64. The molecule has 3 heterocycles. The molecule has 4 rings (SSSR count). The lowest BCUT2D eigenvalue weighted by Crippen LogP contribution is -2.44. The molecule has 3 aromatic heterocycles. The van der Waals surface area contributed by atoms with Gasteiger partial charge in [0.25, 0.3) is 5.91 Å². The predicted molar refractivity (Wildman–Crippen MR) is 98.8 cm³/mol. The molecule has 1 saturated carbocycles. The molecule has 0 unspecified atom stereocenters. The fourth-order valence-electron chi connectivity index (χ4n) is 3.53. The molecule has 0 aromatic carbocycles. The first-order valence-corrected chi connectivity index (χ1v) is 9.23. The molecule has 10 heteroatoms. The maximum atomic E-state index is 12.6. The summed E-state index contributed by atoms with van der Waals surface area (Å²) in [7, 11) is 1.63. The van der Waals surface area contributed by atoms with E-state index in [4.69, 9.17) is 4.74 Å². The first-order valence-electron chi connectivity index (χ1n) is 9.23. The minimum Gasteiger partial charge on any atom is -0.388 e. The number of aromatic nitrogens is 6. The molecule has 10 nitrogen and oxygen atoms in total. The molecule has 3 aromatic rings. The van der Waals surface area contributed by atoms with E-state index in [-0.39, 0.29) is 24.5 Å². The number of hydrogen-bond donors (Lipinski definition) is 2. The summed E-state index contributed by atoms with van der Waals surface area (Å²) in [5.74, 6) is 1.39. The third-order valence-corrected chi connectivity index (χ3v) is 5.09. The quantitative estimate of drug-likeness (QED) is 0.606. The predicted octanol–water partition coefficient (Wildman–Crippen LogP) is 0.444. The summed E-state index contributed by atoms with van der Waals surface area (Å²) in [4.78, 5) is 16.9. The number of hydrogen-bond acceptors (Lipinski definition) is 7. The summed E-state index contributed by atoms with van der Waals surface area (Å²) in [5.41, 5.74) is 1.99. The Morgan fingerprint density at radius 2 is 2.18 bits per heavy atom. The lowest BCUT2D eigenvalue weighted by Gasteiger charge is -2.35. The molecule has 148 valence electrons. The van der Waals surface area contributed by atoms with E-state index >= 15 is 0 Å². The number of aliphatic hydroxyl groups is 1. The number of carbonyl (C=O) groups excluding carboxylic acids is 1. The topological polar surface area (TPSA) is 119 Å². The Balaban J connectivity index is 1.40. The summed E-state index contributed by atoms with van der Waals surface area (Å²) in [6, 6.07) is 0.0584. The number of fused-ring (bicyclic) bond motifs is 1. The number of aliphatic hydroxyl groups excluding tert-OH is 1. The molecule has 2 N–H and O–H groups in total. The van der Waals surface area contributed by atoms with Crippen LogP contribution in [-0.2, 0) is 17.9 Å². The molecular formula is C18H23N7O3. The van der Waals surface area contributed by atoms with Crippen LogP contribution in [0.2, 0.25) is 0 Å². The van der Waals surface area contributed by atoms with Crippen molar-refractivity contribution in [2.75, 3.05) is 13.7 Å². The molecule has 0 bridgehead atoms. The van der Waals surface area contributed by atoms with Crippen LogP contribution in [0.15, 0.2) is 18.6 Å². The van der Waals surface area contributed by atoms with Crippen LogP contribution >= 0.6 is 0 Å². The van der Waals surface area contributed by atoms with Crippen LogP contribution in [0.1, 0.15) is 46.3 Å². The summed E-state index contributed by atoms with van der Waals surface area (Å²) in [6.07, 6.45) is 6.65. The van der Waals surface area contributed by atoms with Crippen molar-refractivity contribution in [1.82, 2.24) is 34.7 Å². The van der Waals surface area contributed by atoms with Gasteiger partial charge >= 0.3 is 0 Å². The van der Waals surface area contributed by atoms with E-state index in [0.717, 1.165) is 24.2 Å². The van der Waals surface area contributed by atoms with Gasteiger partial charge in [-0.05, 0) is 25.3 Å². The van der Waals surface area contributed by atoms with Crippen LogP contribution in [0.4, 0.5) is 0 Å². The van der Waals surface area contributed by atoms with Gasteiger partial charge in [0.05, 0.1) is 12.8 Å². The van der Waals surface area contributed by atoms with E-state index in [1.54, 1.807) is 24.0 Å². The van der Waals surface area contributed by atoms with Crippen LogP contribution in [0.25, 0.3) is 5.65 Å². The minimum atomic E-state index is -0.174. The van der Waals surface area contributed by atoms with Crippen molar-refractivity contribution in [2.45, 2.75) is 44.9 Å². The summed E-state index contributed by atoms with van der Waals surface area (Å²) in [5, 5.41) is 25.0. The first-order chi connectivity index (χ1) is 13.6. The first kappa shape index (κ1) is 18.5. The Labute approximate surface area is 161 Å². The maximum Gasteiger partial charge on any atom is 0.256 e. The van der Waals surface area contributed by atoms with Gasteiger partial charge in [0.15, 0.2) is 11.5 Å². The molecule has 0 atom stereocenters. The van der Waals surface area contributed by atoms with Gasteiger partial charge in [0.2, 0.25) is 0 Å². The highest BCUT2D eigenvalue weighted by atomic mass is 16.5. The highest BCUT2D eigenvalue weighted by Crippen LogP contribution is 2.36. The summed E-state index contributed by atoms with van der Waals surface area (Å²) in [6.45, 7) is 2.88. The lowest BCUT2D eigenvalue weighted by molar-refractivity contribution is 0.0907. The number of rotatable bonds is 7. The van der Waals surface area contributed by atoms with Gasteiger partial charge in [-0.15, -0.1) is 10.2 Å². The summed E-state index contributed by atoms with van der Waals surface area (Å²) >= 11 is 0. The van der Waals surface area contributed by atoms with E-state index in [1.165, 1.54) is 0 Å². The van der Waals surface area contributed by atoms with E-state index in [1.807, 2.05) is 17.7 Å². The Morgan fingerprint density at radius 3 is 2.93 bits per heavy atom. The van der Waals surface area contributed by atoms with Crippen LogP contribution in [-0.4, -0.2) is 60.1 Å². The van der Waals surface area contributed by atoms with Gasteiger partial charge in [-0.1, -0.05) is 0 Å². The molecule has 0 saturated heterocycles. The number of aryl methyl sites for hydroxylation is 1. The highest BCUT2D eigenvalue weighted by Gasteiger charge is 2.35. The van der Waals surface area contributed by atoms with Gasteiger partial charge in [0, 0.05) is 38.0 Å². The second-order valence-corrected chi connectivity index (χ2v) is 7.07. The number of nitrogens with one attached hydrogen (secondary N) is 1. The standard InChI is InChI=1S/C18H23N7O3/c1-11-7-19-17-14(8-20-25(17)9-11)18(27)21-13-5-12(6-13)16-23-22-15(10-26)24(16)3-4-28-2/h7-9,12-13,26H,3-6,10H2,1-2H3,(H,21,27). The average Bonchev–Trinajstić information content (AvgIpc) is 3.25. The SMILES string of the molecule is COCCn1c(CO)nnc1C1CC(NC(=O)c2cnn3cc(C)cnc23)C1. The van der Waals surface area contributed by atoms with Crippen molar-refractivity contribution in [2.24, 2.45) is 0 Å². The minimum absolute atomic E-state index is 0.0584. The molecule has 0 radical (unpaired) electrons. The maximum absolute atomic E-state index is 12.6. The van der Waals surface area contributed by atoms with Gasteiger partial charge in [-0.25, -0.2) is 9.50 Å². The summed E-state index contributed by atoms with van der Waals surface area (Å²) < 4.78 is 8.65. The van der Waals surface area contributed by atoms with Crippen molar-refractivity contribution in [1.29, 1.82) is 0 Å². The van der Waals surface area contributed by atoms with Crippen molar-refractivity contribution >= 4 is 11.6 Å². The van der Waals surface area contributed by atoms with Crippen molar-refractivity contribution in [3.8, 4) is 0 Å². The van der Waals surface area contributed by atoms with Crippen LogP contribution in [0.5, 0.6) is 0 Å². The van der Waals surface area contributed by atoms with E-state index in [2.05, 4.69) is 25.6 Å². The Hall–Kier alpha value is -2.85. The van der Waals surface area contributed by atoms with Crippen molar-refractivity contribution in [3.63, 3.8) is 0 Å². The molecule has 0 aliphatic heterocycles. The fourth-order valence-corrected chi connectivity index (χ4v) is 3.53. The van der Waals surface area contributed by atoms with Gasteiger partial charge in [-0.2, -0.15) is 5.10 Å². The van der Waals surface area contributed by atoms with Crippen LogP contribution < -0.4 is 5.32 Å². The third kappa shape index (κ3) is 3.36. The van der Waals surface area contributed by atoms with E-state index in [9.17, 15) is 9.90 Å². The highest BCUT2D eigenvalue weighted by molar-refractivity contribution is 5.99. The fraction of sp³-hybridized carbons (Fsp3) is 0.500. The smallest absolute Gasteiger partial charge is 0.256 e. The zero-order chi connectivity index (χ0) is 19.7. The van der Waals surface area contributed by atoms with Gasteiger partial charge < -0.3 is 19.7 Å². The average molecular weight is 385 g/mol. The van der Waals surface area contributed by atoms with E-state index < -0.39 is 0 Å². The molecule has 0 spiro atoms. The Bertz CT molecular complexity index is 990. The zero-order valence-corrected chi connectivity index (χ0v) is 15.9. The van der Waals surface area contributed by atoms with E-state index in [0.29, 0.717) is 30.2 Å². The normalized spacial score (nSPS) is 19.0. The molecule has 1 amide bonds. The Kier molecular flexibility index (Phi) is 5.05. The van der Waals surface area contributed by atoms with Crippen molar-refractivity contribution in [3.05, 3.63) is 41.4 Å². The van der Waals surface area contributed by atoms with Crippen LogP contribution in [0.3, 0.4) is 0 Å². The molecule has 1 aliphatic carbocycles. The largest absolute Gasteiger partial charge is 0.388 e. The molecular weight excluding hydrogens is 362 g/mol. The Morgan fingerprint density at radius 1 is 1.36 bits per heavy atom. The van der Waals surface area contributed by atoms with Gasteiger partial charge in [0.1, 0.15) is 18.0 Å².